The van der Waals surface area contributed by atoms with Crippen LogP contribution >= 0.6 is 0 Å². The minimum absolute atomic E-state index is 0.143. The van der Waals surface area contributed by atoms with E-state index in [-0.39, 0.29) is 5.92 Å². The summed E-state index contributed by atoms with van der Waals surface area (Å²) < 4.78 is 0. The van der Waals surface area contributed by atoms with Crippen molar-refractivity contribution in [1.29, 1.82) is 0 Å². The van der Waals surface area contributed by atoms with Crippen LogP contribution in [0.15, 0.2) is 30.6 Å². The number of fused-ring (bicyclic) bond motifs is 2. The van der Waals surface area contributed by atoms with E-state index in [4.69, 9.17) is 0 Å². The van der Waals surface area contributed by atoms with Gasteiger partial charge in [-0.25, -0.2) is 4.98 Å². The molecule has 4 rings (SSSR count). The van der Waals surface area contributed by atoms with Gasteiger partial charge < -0.3 is 9.88 Å². The number of hydrogen-bond donors (Lipinski definition) is 1. The number of nitrogens with one attached hydrogen (secondary N) is 1. The Morgan fingerprint density at radius 3 is 3.00 bits per heavy atom. The summed E-state index contributed by atoms with van der Waals surface area (Å²) in [6, 6.07) is 8.51. The molecule has 1 N–H and O–H groups in total. The van der Waals surface area contributed by atoms with Crippen molar-refractivity contribution in [3.63, 3.8) is 0 Å². The largest absolute Gasteiger partial charge is 0.347 e. The zero-order valence-corrected chi connectivity index (χ0v) is 12.0. The smallest absolute Gasteiger partial charge is 0.226 e. The summed E-state index contributed by atoms with van der Waals surface area (Å²) in [4.78, 5) is 22.2. The Morgan fingerprint density at radius 2 is 2.10 bits per heavy atom. The number of H-pyrrole nitrogens is 1. The Morgan fingerprint density at radius 1 is 1.24 bits per heavy atom. The maximum atomic E-state index is 12.8. The molecule has 1 amide bonds. The number of aryl methyl sites for hydroxylation is 1. The Bertz CT molecular complexity index is 676. The van der Waals surface area contributed by atoms with E-state index in [2.05, 4.69) is 34.2 Å². The topological polar surface area (TPSA) is 49.0 Å². The van der Waals surface area contributed by atoms with Gasteiger partial charge in [0.2, 0.25) is 5.91 Å². The fourth-order valence-corrected chi connectivity index (χ4v) is 3.57. The molecule has 2 heterocycles. The highest BCUT2D eigenvalue weighted by molar-refractivity contribution is 5.79. The van der Waals surface area contributed by atoms with Crippen molar-refractivity contribution in [2.45, 2.75) is 32.2 Å². The summed E-state index contributed by atoms with van der Waals surface area (Å²) in [6.07, 6.45) is 5.49. The standard InChI is InChI=1S/C17H19N3O/c21-17(20-8-7-15-16(10-20)19-11-18-15)14-6-5-12-3-1-2-4-13(12)9-14/h1-4,11,14H,5-10H2,(H,18,19). The first-order valence-corrected chi connectivity index (χ1v) is 7.68. The number of imidazole rings is 1. The number of benzene rings is 1. The van der Waals surface area contributed by atoms with Crippen LogP contribution in [0.2, 0.25) is 0 Å². The summed E-state index contributed by atoms with van der Waals surface area (Å²) in [6.45, 7) is 1.49. The summed E-state index contributed by atoms with van der Waals surface area (Å²) in [5, 5.41) is 0. The molecular formula is C17H19N3O. The number of aromatic nitrogens is 2. The molecule has 0 spiro atoms. The van der Waals surface area contributed by atoms with Crippen LogP contribution in [0.3, 0.4) is 0 Å². The van der Waals surface area contributed by atoms with Crippen LogP contribution in [-0.4, -0.2) is 27.3 Å². The summed E-state index contributed by atoms with van der Waals surface area (Å²) in [5.41, 5.74) is 4.98. The quantitative estimate of drug-likeness (QED) is 0.870. The van der Waals surface area contributed by atoms with Crippen molar-refractivity contribution >= 4 is 5.91 Å². The van der Waals surface area contributed by atoms with Crippen LogP contribution < -0.4 is 0 Å². The van der Waals surface area contributed by atoms with Crippen LogP contribution in [0.4, 0.5) is 0 Å². The van der Waals surface area contributed by atoms with E-state index >= 15 is 0 Å². The molecule has 1 aromatic carbocycles. The molecule has 1 atom stereocenters. The van der Waals surface area contributed by atoms with Gasteiger partial charge in [-0.3, -0.25) is 4.79 Å². The van der Waals surface area contributed by atoms with E-state index in [0.29, 0.717) is 12.5 Å². The van der Waals surface area contributed by atoms with Gasteiger partial charge in [0, 0.05) is 18.9 Å². The summed E-state index contributed by atoms with van der Waals surface area (Å²) >= 11 is 0. The third-order valence-corrected chi connectivity index (χ3v) is 4.78. The summed E-state index contributed by atoms with van der Waals surface area (Å²) in [7, 11) is 0. The lowest BCUT2D eigenvalue weighted by atomic mass is 9.83. The second kappa shape index (κ2) is 5.02. The third-order valence-electron chi connectivity index (χ3n) is 4.78. The predicted molar refractivity (Wildman–Crippen MR) is 79.7 cm³/mol. The molecule has 4 heteroatoms. The molecule has 0 saturated heterocycles. The van der Waals surface area contributed by atoms with Gasteiger partial charge in [0.05, 0.1) is 24.3 Å². The second-order valence-electron chi connectivity index (χ2n) is 6.05. The molecule has 1 aliphatic carbocycles. The van der Waals surface area contributed by atoms with Crippen molar-refractivity contribution in [2.24, 2.45) is 5.92 Å². The normalized spacial score (nSPS) is 20.8. The number of carbonyl (C=O) groups excluding carboxylic acids is 1. The van der Waals surface area contributed by atoms with Crippen molar-refractivity contribution < 1.29 is 4.79 Å². The Balaban J connectivity index is 1.49. The Labute approximate surface area is 124 Å². The maximum Gasteiger partial charge on any atom is 0.226 e. The van der Waals surface area contributed by atoms with Crippen molar-refractivity contribution in [3.05, 3.63) is 53.1 Å². The van der Waals surface area contributed by atoms with Gasteiger partial charge in [-0.1, -0.05) is 24.3 Å². The van der Waals surface area contributed by atoms with Gasteiger partial charge in [-0.15, -0.1) is 0 Å². The molecule has 21 heavy (non-hydrogen) atoms. The first kappa shape index (κ1) is 12.6. The molecule has 1 unspecified atom stereocenters. The summed E-state index contributed by atoms with van der Waals surface area (Å²) in [5.74, 6) is 0.453. The number of aromatic amines is 1. The average Bonchev–Trinajstić information content (AvgIpc) is 3.01. The Kier molecular flexibility index (Phi) is 3.02. The molecule has 2 aliphatic rings. The van der Waals surface area contributed by atoms with Crippen molar-refractivity contribution in [3.8, 4) is 0 Å². The van der Waals surface area contributed by atoms with Crippen molar-refractivity contribution in [2.75, 3.05) is 6.54 Å². The highest BCUT2D eigenvalue weighted by Crippen LogP contribution is 2.28. The minimum Gasteiger partial charge on any atom is -0.347 e. The van der Waals surface area contributed by atoms with Gasteiger partial charge >= 0.3 is 0 Å². The zero-order chi connectivity index (χ0) is 14.2. The van der Waals surface area contributed by atoms with E-state index in [9.17, 15) is 4.79 Å². The molecule has 0 bridgehead atoms. The molecule has 1 aromatic heterocycles. The molecule has 2 aromatic rings. The zero-order valence-electron chi connectivity index (χ0n) is 12.0. The lowest BCUT2D eigenvalue weighted by Crippen LogP contribution is -2.41. The minimum atomic E-state index is 0.143. The van der Waals surface area contributed by atoms with E-state index in [1.165, 1.54) is 11.1 Å². The van der Waals surface area contributed by atoms with E-state index in [1.807, 2.05) is 4.90 Å². The van der Waals surface area contributed by atoms with Crippen molar-refractivity contribution in [1.82, 2.24) is 14.9 Å². The highest BCUT2D eigenvalue weighted by atomic mass is 16.2. The van der Waals surface area contributed by atoms with Crippen LogP contribution in [0, 0.1) is 5.92 Å². The third kappa shape index (κ3) is 2.24. The highest BCUT2D eigenvalue weighted by Gasteiger charge is 2.30. The second-order valence-corrected chi connectivity index (χ2v) is 6.05. The monoisotopic (exact) mass is 281 g/mol. The fourth-order valence-electron chi connectivity index (χ4n) is 3.57. The number of nitrogens with zero attached hydrogens (tertiary/aromatic N) is 2. The van der Waals surface area contributed by atoms with E-state index in [0.717, 1.165) is 43.6 Å². The van der Waals surface area contributed by atoms with Gasteiger partial charge in [0.1, 0.15) is 0 Å². The first-order valence-electron chi connectivity index (χ1n) is 7.68. The van der Waals surface area contributed by atoms with Gasteiger partial charge in [-0.2, -0.15) is 0 Å². The van der Waals surface area contributed by atoms with Gasteiger partial charge in [0.15, 0.2) is 0 Å². The lowest BCUT2D eigenvalue weighted by Gasteiger charge is -2.32. The van der Waals surface area contributed by atoms with Crippen LogP contribution in [0.5, 0.6) is 0 Å². The first-order chi connectivity index (χ1) is 10.3. The van der Waals surface area contributed by atoms with Crippen LogP contribution in [-0.2, 0) is 30.6 Å². The lowest BCUT2D eigenvalue weighted by molar-refractivity contribution is -0.136. The Hall–Kier alpha value is -2.10. The van der Waals surface area contributed by atoms with Crippen LogP contribution in [0.1, 0.15) is 28.9 Å². The number of rotatable bonds is 1. The van der Waals surface area contributed by atoms with Crippen LogP contribution in [0.25, 0.3) is 0 Å². The molecule has 0 fully saturated rings. The van der Waals surface area contributed by atoms with Gasteiger partial charge in [-0.05, 0) is 30.4 Å². The number of amides is 1. The molecular weight excluding hydrogens is 262 g/mol. The average molecular weight is 281 g/mol. The van der Waals surface area contributed by atoms with E-state index < -0.39 is 0 Å². The maximum absolute atomic E-state index is 12.8. The van der Waals surface area contributed by atoms with E-state index in [1.54, 1.807) is 6.33 Å². The molecule has 4 nitrogen and oxygen atoms in total. The fraction of sp³-hybridized carbons (Fsp3) is 0.412. The molecule has 0 radical (unpaired) electrons. The predicted octanol–water partition coefficient (Wildman–Crippen LogP) is 2.10. The number of carbonyl (C=O) groups is 1. The molecule has 0 saturated carbocycles. The molecule has 1 aliphatic heterocycles. The molecule has 108 valence electrons. The SMILES string of the molecule is O=C(C1CCc2ccccc2C1)N1CCc2nc[nH]c2C1. The van der Waals surface area contributed by atoms with Gasteiger partial charge in [0.25, 0.3) is 0 Å². The number of hydrogen-bond acceptors (Lipinski definition) is 2.